The smallest absolute Gasteiger partial charge is 0.173 e. The first-order valence-electron chi connectivity index (χ1n) is 5.05. The Hall–Kier alpha value is -2.04. The molecule has 3 nitrogen and oxygen atoms in total. The predicted molar refractivity (Wildman–Crippen MR) is 57.7 cm³/mol. The molecule has 0 amide bonds. The quantitative estimate of drug-likeness (QED) is 0.832. The van der Waals surface area contributed by atoms with E-state index in [0.29, 0.717) is 5.82 Å². The Labute approximate surface area is 96.5 Å². The SMILES string of the molecule is Cc1cc(C(=O)Cc2ncc[nH]2)c(F)cc1F. The number of hydrogen-bond acceptors (Lipinski definition) is 2. The molecule has 0 fully saturated rings. The number of nitrogens with zero attached hydrogens (tertiary/aromatic N) is 1. The molecule has 5 heteroatoms. The molecule has 0 aliphatic carbocycles. The number of carbonyl (C=O) groups excluding carboxylic acids is 1. The maximum absolute atomic E-state index is 13.4. The number of aromatic amines is 1. The molecule has 2 rings (SSSR count). The summed E-state index contributed by atoms with van der Waals surface area (Å²) in [6.07, 6.45) is 3.05. The van der Waals surface area contributed by atoms with Crippen molar-refractivity contribution in [3.63, 3.8) is 0 Å². The van der Waals surface area contributed by atoms with Crippen molar-refractivity contribution < 1.29 is 13.6 Å². The second-order valence-electron chi connectivity index (χ2n) is 3.72. The highest BCUT2D eigenvalue weighted by molar-refractivity contribution is 5.97. The number of Topliss-reactive ketones (excluding diaryl/α,β-unsaturated/α-hetero) is 1. The van der Waals surface area contributed by atoms with Gasteiger partial charge in [-0.25, -0.2) is 13.8 Å². The molecule has 1 N–H and O–H groups in total. The van der Waals surface area contributed by atoms with Crippen LogP contribution in [0.3, 0.4) is 0 Å². The van der Waals surface area contributed by atoms with Gasteiger partial charge in [-0.15, -0.1) is 0 Å². The van der Waals surface area contributed by atoms with Crippen molar-refractivity contribution >= 4 is 5.78 Å². The second-order valence-corrected chi connectivity index (χ2v) is 3.72. The van der Waals surface area contributed by atoms with Gasteiger partial charge in [0, 0.05) is 18.5 Å². The molecule has 0 unspecified atom stereocenters. The van der Waals surface area contributed by atoms with Crippen LogP contribution in [-0.2, 0) is 6.42 Å². The van der Waals surface area contributed by atoms with E-state index in [1.165, 1.54) is 19.2 Å². The largest absolute Gasteiger partial charge is 0.348 e. The summed E-state index contributed by atoms with van der Waals surface area (Å²) >= 11 is 0. The Kier molecular flexibility index (Phi) is 2.99. The number of carbonyl (C=O) groups is 1. The van der Waals surface area contributed by atoms with Crippen LogP contribution in [-0.4, -0.2) is 15.8 Å². The number of hydrogen-bond donors (Lipinski definition) is 1. The highest BCUT2D eigenvalue weighted by Crippen LogP contribution is 2.15. The minimum atomic E-state index is -0.843. The van der Waals surface area contributed by atoms with Gasteiger partial charge in [0.1, 0.15) is 17.5 Å². The van der Waals surface area contributed by atoms with Gasteiger partial charge in [0.15, 0.2) is 5.78 Å². The van der Waals surface area contributed by atoms with Gasteiger partial charge in [0.25, 0.3) is 0 Å². The summed E-state index contributed by atoms with van der Waals surface area (Å²) in [7, 11) is 0. The number of imidazole rings is 1. The molecule has 0 aliphatic heterocycles. The molecule has 0 spiro atoms. The van der Waals surface area contributed by atoms with Gasteiger partial charge in [0.2, 0.25) is 0 Å². The van der Waals surface area contributed by atoms with Crippen LogP contribution in [0.2, 0.25) is 0 Å². The number of benzene rings is 1. The molecule has 0 atom stereocenters. The maximum Gasteiger partial charge on any atom is 0.173 e. The monoisotopic (exact) mass is 236 g/mol. The van der Waals surface area contributed by atoms with Gasteiger partial charge in [-0.05, 0) is 18.6 Å². The second kappa shape index (κ2) is 4.45. The normalized spacial score (nSPS) is 10.5. The van der Waals surface area contributed by atoms with E-state index in [1.807, 2.05) is 0 Å². The highest BCUT2D eigenvalue weighted by Gasteiger charge is 2.15. The predicted octanol–water partition coefficient (Wildman–Crippen LogP) is 2.42. The lowest BCUT2D eigenvalue weighted by Crippen LogP contribution is -2.08. The fourth-order valence-electron chi connectivity index (χ4n) is 1.51. The molecule has 0 radical (unpaired) electrons. The van der Waals surface area contributed by atoms with E-state index in [9.17, 15) is 13.6 Å². The van der Waals surface area contributed by atoms with Crippen LogP contribution in [0.15, 0.2) is 24.5 Å². The van der Waals surface area contributed by atoms with Crippen LogP contribution in [0.1, 0.15) is 21.7 Å². The van der Waals surface area contributed by atoms with Gasteiger partial charge in [-0.1, -0.05) is 0 Å². The summed E-state index contributed by atoms with van der Waals surface area (Å²) in [4.78, 5) is 18.4. The van der Waals surface area contributed by atoms with Gasteiger partial charge < -0.3 is 4.98 Å². The molecule has 1 aromatic heterocycles. The van der Waals surface area contributed by atoms with Crippen molar-refractivity contribution in [3.05, 3.63) is 53.1 Å². The molecular formula is C12H10F2N2O. The van der Waals surface area contributed by atoms with Crippen molar-refractivity contribution in [1.82, 2.24) is 9.97 Å². The first-order chi connectivity index (χ1) is 8.08. The molecule has 17 heavy (non-hydrogen) atoms. The van der Waals surface area contributed by atoms with Crippen molar-refractivity contribution in [1.29, 1.82) is 0 Å². The highest BCUT2D eigenvalue weighted by atomic mass is 19.1. The van der Waals surface area contributed by atoms with E-state index in [-0.39, 0.29) is 17.5 Å². The van der Waals surface area contributed by atoms with Crippen molar-refractivity contribution in [3.8, 4) is 0 Å². The van der Waals surface area contributed by atoms with E-state index in [4.69, 9.17) is 0 Å². The van der Waals surface area contributed by atoms with Gasteiger partial charge >= 0.3 is 0 Å². The van der Waals surface area contributed by atoms with Crippen LogP contribution in [0.25, 0.3) is 0 Å². The number of halogens is 2. The Morgan fingerprint density at radius 2 is 2.12 bits per heavy atom. The molecule has 0 saturated carbocycles. The molecule has 2 aromatic rings. The lowest BCUT2D eigenvalue weighted by atomic mass is 10.0. The van der Waals surface area contributed by atoms with Crippen LogP contribution in [0.5, 0.6) is 0 Å². The lowest BCUT2D eigenvalue weighted by molar-refractivity contribution is 0.0987. The van der Waals surface area contributed by atoms with Gasteiger partial charge in [-0.2, -0.15) is 0 Å². The molecule has 0 bridgehead atoms. The minimum absolute atomic E-state index is 0.0327. The topological polar surface area (TPSA) is 45.8 Å². The standard InChI is InChI=1S/C12H10F2N2O/c1-7-4-8(10(14)5-9(7)13)11(17)6-12-15-2-3-16-12/h2-5H,6H2,1H3,(H,15,16). The number of aryl methyl sites for hydroxylation is 1. The molecule has 1 heterocycles. The Bertz CT molecular complexity index is 550. The summed E-state index contributed by atoms with van der Waals surface area (Å²) in [5, 5.41) is 0. The van der Waals surface area contributed by atoms with E-state index in [2.05, 4.69) is 9.97 Å². The number of aromatic nitrogens is 2. The van der Waals surface area contributed by atoms with Crippen molar-refractivity contribution in [2.75, 3.05) is 0 Å². The van der Waals surface area contributed by atoms with Crippen LogP contribution < -0.4 is 0 Å². The molecule has 0 aliphatic rings. The van der Waals surface area contributed by atoms with Crippen LogP contribution >= 0.6 is 0 Å². The van der Waals surface area contributed by atoms with E-state index >= 15 is 0 Å². The number of rotatable bonds is 3. The Morgan fingerprint density at radius 3 is 2.76 bits per heavy atom. The Morgan fingerprint density at radius 1 is 1.35 bits per heavy atom. The summed E-state index contributed by atoms with van der Waals surface area (Å²) in [5.41, 5.74) is 0.134. The zero-order valence-corrected chi connectivity index (χ0v) is 9.13. The minimum Gasteiger partial charge on any atom is -0.348 e. The average Bonchev–Trinajstić information content (AvgIpc) is 2.76. The Balaban J connectivity index is 2.28. The first-order valence-corrected chi connectivity index (χ1v) is 5.05. The fraction of sp³-hybridized carbons (Fsp3) is 0.167. The molecule has 1 aromatic carbocycles. The van der Waals surface area contributed by atoms with E-state index in [1.54, 1.807) is 6.20 Å². The maximum atomic E-state index is 13.4. The number of ketones is 1. The first kappa shape index (κ1) is 11.4. The van der Waals surface area contributed by atoms with Crippen molar-refractivity contribution in [2.24, 2.45) is 0 Å². The third-order valence-electron chi connectivity index (χ3n) is 2.43. The number of nitrogens with one attached hydrogen (secondary N) is 1. The third kappa shape index (κ3) is 2.38. The zero-order valence-electron chi connectivity index (χ0n) is 9.13. The molecular weight excluding hydrogens is 226 g/mol. The summed E-state index contributed by atoms with van der Waals surface area (Å²) in [6, 6.07) is 1.95. The van der Waals surface area contributed by atoms with Crippen LogP contribution in [0.4, 0.5) is 8.78 Å². The lowest BCUT2D eigenvalue weighted by Gasteiger charge is -2.04. The summed E-state index contributed by atoms with van der Waals surface area (Å²) < 4.78 is 26.4. The van der Waals surface area contributed by atoms with Gasteiger partial charge in [-0.3, -0.25) is 4.79 Å². The molecule has 0 saturated heterocycles. The average molecular weight is 236 g/mol. The third-order valence-corrected chi connectivity index (χ3v) is 2.43. The van der Waals surface area contributed by atoms with Crippen molar-refractivity contribution in [2.45, 2.75) is 13.3 Å². The number of H-pyrrole nitrogens is 1. The molecule has 88 valence electrons. The van der Waals surface area contributed by atoms with Gasteiger partial charge in [0.05, 0.1) is 12.0 Å². The summed E-state index contributed by atoms with van der Waals surface area (Å²) in [5.74, 6) is -1.47. The fourth-order valence-corrected chi connectivity index (χ4v) is 1.51. The zero-order chi connectivity index (χ0) is 12.4. The van der Waals surface area contributed by atoms with E-state index in [0.717, 1.165) is 6.07 Å². The van der Waals surface area contributed by atoms with E-state index < -0.39 is 17.4 Å². The van der Waals surface area contributed by atoms with Crippen LogP contribution in [0, 0.1) is 18.6 Å². The summed E-state index contributed by atoms with van der Waals surface area (Å²) in [6.45, 7) is 1.48.